The van der Waals surface area contributed by atoms with Crippen molar-refractivity contribution in [1.82, 2.24) is 34.5 Å². The number of aromatic nitrogens is 5. The number of pyridine rings is 1. The highest BCUT2D eigenvalue weighted by molar-refractivity contribution is 5.98. The molecule has 7 heterocycles. The van der Waals surface area contributed by atoms with E-state index >= 15 is 4.79 Å². The average molecular weight is 745 g/mol. The number of amides is 1. The van der Waals surface area contributed by atoms with E-state index < -0.39 is 17.2 Å². The summed E-state index contributed by atoms with van der Waals surface area (Å²) in [6.45, 7) is 7.30. The SMILES string of the molecule is C[C@H]1c2c(nn(-c3ccc(F)c(C4CC4)c3)c2N2C=CNC2=C=O)CCN1C(=O)c1cc2cc([C@H]3CCOC(C)(C)C3)ccn2c1C1(c2noc(=O)[nH]2)CC1. The first kappa shape index (κ1) is 33.8. The average Bonchev–Trinajstić information content (AvgIpc) is 3.96. The Hall–Kier alpha value is -5.72. The molecular weight excluding hydrogens is 704 g/mol. The summed E-state index contributed by atoms with van der Waals surface area (Å²) in [5.74, 6) is 2.61. The van der Waals surface area contributed by atoms with Crippen LogP contribution >= 0.6 is 0 Å². The number of hydrogen-bond acceptors (Lipinski definition) is 9. The Balaban J connectivity index is 1.09. The van der Waals surface area contributed by atoms with E-state index in [1.54, 1.807) is 28.0 Å². The fraction of sp³-hybridized carbons (Fsp3) is 0.415. The Labute approximate surface area is 315 Å². The Morgan fingerprint density at radius 3 is 2.65 bits per heavy atom. The molecule has 0 radical (unpaired) electrons. The molecule has 14 heteroatoms. The third-order valence-electron chi connectivity index (χ3n) is 12.3. The van der Waals surface area contributed by atoms with Gasteiger partial charge in [0.25, 0.3) is 5.91 Å². The fourth-order valence-corrected chi connectivity index (χ4v) is 9.22. The summed E-state index contributed by atoms with van der Waals surface area (Å²) in [5, 5.41) is 12.1. The Morgan fingerprint density at radius 2 is 1.93 bits per heavy atom. The van der Waals surface area contributed by atoms with Gasteiger partial charge in [-0.15, -0.1) is 0 Å². The predicted octanol–water partition coefficient (Wildman–Crippen LogP) is 5.88. The van der Waals surface area contributed by atoms with Crippen LogP contribution in [0.3, 0.4) is 0 Å². The number of carbonyl (C=O) groups is 1. The quantitative estimate of drug-likeness (QED) is 0.195. The van der Waals surface area contributed by atoms with E-state index in [-0.39, 0.29) is 29.1 Å². The third kappa shape index (κ3) is 5.41. The van der Waals surface area contributed by atoms with Crippen molar-refractivity contribution in [1.29, 1.82) is 0 Å². The van der Waals surface area contributed by atoms with E-state index in [0.717, 1.165) is 48.2 Å². The van der Waals surface area contributed by atoms with Crippen LogP contribution in [0.1, 0.15) is 121 Å². The van der Waals surface area contributed by atoms with Crippen molar-refractivity contribution < 1.29 is 23.2 Å². The van der Waals surface area contributed by atoms with E-state index in [0.29, 0.717) is 66.8 Å². The molecule has 5 aliphatic rings. The number of rotatable bonds is 7. The molecule has 282 valence electrons. The zero-order valence-corrected chi connectivity index (χ0v) is 30.9. The smallest absolute Gasteiger partial charge is 0.376 e. The molecular formula is C41H41FN8O5. The number of aromatic amines is 1. The number of ether oxygens (including phenoxy) is 1. The second kappa shape index (κ2) is 12.1. The minimum atomic E-state index is -0.705. The summed E-state index contributed by atoms with van der Waals surface area (Å²) in [5.41, 5.74) is 5.34. The van der Waals surface area contributed by atoms with Gasteiger partial charge in [0.1, 0.15) is 11.6 Å². The van der Waals surface area contributed by atoms with Gasteiger partial charge in [-0.05, 0) is 119 Å². The van der Waals surface area contributed by atoms with Gasteiger partial charge in [-0.1, -0.05) is 5.16 Å². The van der Waals surface area contributed by atoms with Crippen molar-refractivity contribution in [3.63, 3.8) is 0 Å². The fourth-order valence-electron chi connectivity index (χ4n) is 9.22. The van der Waals surface area contributed by atoms with E-state index in [4.69, 9.17) is 14.4 Å². The summed E-state index contributed by atoms with van der Waals surface area (Å²) in [6.07, 6.45) is 10.9. The van der Waals surface area contributed by atoms with E-state index in [2.05, 4.69) is 45.8 Å². The lowest BCUT2D eigenvalue weighted by atomic mass is 9.84. The maximum Gasteiger partial charge on any atom is 0.438 e. The molecule has 2 aliphatic carbocycles. The first-order valence-electron chi connectivity index (χ1n) is 19.1. The van der Waals surface area contributed by atoms with Gasteiger partial charge in [-0.25, -0.2) is 18.7 Å². The number of halogens is 1. The lowest BCUT2D eigenvalue weighted by Crippen LogP contribution is -2.40. The molecule has 2 saturated carbocycles. The van der Waals surface area contributed by atoms with Crippen LogP contribution in [-0.4, -0.2) is 59.8 Å². The number of benzene rings is 1. The molecule has 5 aromatic rings. The second-order valence-corrected chi connectivity index (χ2v) is 16.3. The zero-order valence-electron chi connectivity index (χ0n) is 30.9. The van der Waals surface area contributed by atoms with E-state index in [1.807, 2.05) is 36.1 Å². The molecule has 1 saturated heterocycles. The summed E-state index contributed by atoms with van der Waals surface area (Å²) in [6, 6.07) is 10.8. The van der Waals surface area contributed by atoms with Crippen molar-refractivity contribution >= 4 is 23.2 Å². The van der Waals surface area contributed by atoms with Crippen LogP contribution in [0.15, 0.2) is 70.1 Å². The van der Waals surface area contributed by atoms with Gasteiger partial charge < -0.3 is 19.4 Å². The van der Waals surface area contributed by atoms with Gasteiger partial charge >= 0.3 is 5.76 Å². The Bertz CT molecular complexity index is 2550. The number of anilines is 1. The monoisotopic (exact) mass is 744 g/mol. The number of hydrogen-bond donors (Lipinski definition) is 2. The summed E-state index contributed by atoms with van der Waals surface area (Å²) >= 11 is 0. The molecule has 55 heavy (non-hydrogen) atoms. The maximum atomic E-state index is 15.2. The van der Waals surface area contributed by atoms with Crippen molar-refractivity contribution in [2.45, 2.75) is 94.6 Å². The number of nitrogens with one attached hydrogen (secondary N) is 2. The van der Waals surface area contributed by atoms with Crippen LogP contribution in [0, 0.1) is 5.82 Å². The molecule has 4 aromatic heterocycles. The second-order valence-electron chi connectivity index (χ2n) is 16.3. The van der Waals surface area contributed by atoms with Gasteiger partial charge in [0.05, 0.1) is 34.0 Å². The number of fused-ring (bicyclic) bond motifs is 2. The van der Waals surface area contributed by atoms with Crippen LogP contribution in [0.2, 0.25) is 0 Å². The Morgan fingerprint density at radius 1 is 1.09 bits per heavy atom. The first-order valence-corrected chi connectivity index (χ1v) is 19.1. The number of nitrogens with zero attached hydrogens (tertiary/aromatic N) is 6. The minimum absolute atomic E-state index is 0.166. The highest BCUT2D eigenvalue weighted by Gasteiger charge is 2.54. The molecule has 3 aliphatic heterocycles. The van der Waals surface area contributed by atoms with Crippen LogP contribution in [0.4, 0.5) is 10.2 Å². The standard InChI is InChI=1S/C41H41FN8O5/c1-23-34-32(45-50(36(34)49-16-13-43-33(49)22-51)27-6-7-31(42)29(19-27)24-4-5-24)9-15-47(23)37(52)30-20-28-18-25(26-10-17-54-40(2,3)21-26)8-14-48(28)35(30)41(11-12-41)38-44-39(53)55-46-38/h6-8,13-14,16,18-20,23-24,26,43H,4-5,9-12,15,17,21H2,1-3H3,(H,44,46,53)/t23-,26-/m0/s1. The summed E-state index contributed by atoms with van der Waals surface area (Å²) < 4.78 is 29.8. The molecule has 0 spiro atoms. The van der Waals surface area contributed by atoms with Crippen LogP contribution in [0.25, 0.3) is 11.2 Å². The Kier molecular flexibility index (Phi) is 7.47. The van der Waals surface area contributed by atoms with E-state index in [1.165, 1.54) is 11.6 Å². The highest BCUT2D eigenvalue weighted by atomic mass is 19.1. The van der Waals surface area contributed by atoms with Gasteiger partial charge in [0.15, 0.2) is 11.8 Å². The van der Waals surface area contributed by atoms with Gasteiger partial charge in [0.2, 0.25) is 5.82 Å². The van der Waals surface area contributed by atoms with Crippen molar-refractivity contribution in [3.8, 4) is 5.69 Å². The largest absolute Gasteiger partial charge is 0.438 e. The molecule has 1 aromatic carbocycles. The summed E-state index contributed by atoms with van der Waals surface area (Å²) in [7, 11) is 0. The van der Waals surface area contributed by atoms with Gasteiger partial charge in [0, 0.05) is 54.9 Å². The van der Waals surface area contributed by atoms with Gasteiger partial charge in [-0.3, -0.25) is 19.2 Å². The number of H-pyrrole nitrogens is 1. The molecule has 13 nitrogen and oxygen atoms in total. The zero-order chi connectivity index (χ0) is 37.8. The summed E-state index contributed by atoms with van der Waals surface area (Å²) in [4.78, 5) is 45.9. The topological polar surface area (TPSA) is 143 Å². The molecule has 1 amide bonds. The van der Waals surface area contributed by atoms with Crippen LogP contribution in [-0.2, 0) is 21.4 Å². The van der Waals surface area contributed by atoms with Crippen molar-refractivity contribution in [3.05, 3.63) is 117 Å². The normalized spacial score (nSPS) is 22.5. The molecule has 3 fully saturated rings. The maximum absolute atomic E-state index is 15.2. The predicted molar refractivity (Wildman–Crippen MR) is 199 cm³/mol. The highest BCUT2D eigenvalue weighted by Crippen LogP contribution is 2.54. The third-order valence-corrected chi connectivity index (χ3v) is 12.3. The molecule has 2 atom stereocenters. The van der Waals surface area contributed by atoms with Gasteiger partial charge in [-0.2, -0.15) is 5.10 Å². The van der Waals surface area contributed by atoms with Crippen LogP contribution < -0.4 is 16.0 Å². The lowest BCUT2D eigenvalue weighted by molar-refractivity contribution is -0.0593. The van der Waals surface area contributed by atoms with Crippen molar-refractivity contribution in [2.24, 2.45) is 0 Å². The first-order chi connectivity index (χ1) is 26.5. The number of carbonyl (C=O) groups excluding carboxylic acids is 2. The molecule has 0 bridgehead atoms. The van der Waals surface area contributed by atoms with Crippen LogP contribution in [0.5, 0.6) is 0 Å². The lowest BCUT2D eigenvalue weighted by Gasteiger charge is -2.35. The molecule has 2 N–H and O–H groups in total. The molecule has 10 rings (SSSR count). The minimum Gasteiger partial charge on any atom is -0.376 e. The van der Waals surface area contributed by atoms with E-state index in [9.17, 15) is 14.0 Å². The van der Waals surface area contributed by atoms with Crippen molar-refractivity contribution in [2.75, 3.05) is 18.1 Å². The molecule has 0 unspecified atom stereocenters.